The molecule has 0 unspecified atom stereocenters. The fraction of sp³-hybridized carbons (Fsp3) is 0.429. The van der Waals surface area contributed by atoms with Crippen molar-refractivity contribution >= 4 is 33.0 Å². The maximum Gasteiger partial charge on any atom is 0.338 e. The third-order valence-electron chi connectivity index (χ3n) is 7.56. The Balaban J connectivity index is 1.57. The first-order chi connectivity index (χ1) is 18.2. The molecule has 0 radical (unpaired) electrons. The smallest absolute Gasteiger partial charge is 0.338 e. The lowest BCUT2D eigenvalue weighted by atomic mass is 9.68. The van der Waals surface area contributed by atoms with E-state index in [2.05, 4.69) is 30.5 Å². The average molecular weight is 579 g/mol. The summed E-state index contributed by atoms with van der Waals surface area (Å²) in [5.74, 6) is -2.33. The lowest BCUT2D eigenvalue weighted by molar-refractivity contribution is 0.0691. The molecule has 1 fully saturated rings. The molecule has 1 aliphatic carbocycles. The molecule has 4 rings (SSSR count). The molecule has 39 heavy (non-hydrogen) atoms. The lowest BCUT2D eigenvalue weighted by Crippen LogP contribution is -2.25. The van der Waals surface area contributed by atoms with E-state index in [1.807, 2.05) is 0 Å². The van der Waals surface area contributed by atoms with E-state index in [9.17, 15) is 17.6 Å². The Morgan fingerprint density at radius 3 is 2.41 bits per heavy atom. The van der Waals surface area contributed by atoms with Crippen LogP contribution in [-0.2, 0) is 10.0 Å². The molecule has 0 spiro atoms. The molecule has 0 aliphatic heterocycles. The summed E-state index contributed by atoms with van der Waals surface area (Å²) in [6, 6.07) is 5.20. The second-order valence-corrected chi connectivity index (χ2v) is 13.5. The SMILES string of the molecule is COc1cc(C(=O)O)c(F)cc1NS(=O)(=O)c1csc(-c2ccc([C@H]3CC[C@H](C(C)(C)C)CC3)c(F)c2C)n1. The molecule has 0 saturated heterocycles. The van der Waals surface area contributed by atoms with Crippen molar-refractivity contribution in [3.63, 3.8) is 0 Å². The van der Waals surface area contributed by atoms with Gasteiger partial charge in [-0.3, -0.25) is 4.72 Å². The van der Waals surface area contributed by atoms with Gasteiger partial charge in [-0.1, -0.05) is 32.9 Å². The molecule has 2 aromatic carbocycles. The van der Waals surface area contributed by atoms with Gasteiger partial charge in [0.25, 0.3) is 10.0 Å². The molecule has 3 aromatic rings. The number of nitrogens with zero attached hydrogens (tertiary/aromatic N) is 1. The Hall–Kier alpha value is -3.05. The zero-order valence-corrected chi connectivity index (χ0v) is 24.1. The van der Waals surface area contributed by atoms with E-state index in [0.717, 1.165) is 49.2 Å². The summed E-state index contributed by atoms with van der Waals surface area (Å²) in [6.07, 6.45) is 3.98. The zero-order chi connectivity index (χ0) is 28.7. The number of rotatable bonds is 7. The van der Waals surface area contributed by atoms with Crippen molar-refractivity contribution < 1.29 is 31.8 Å². The van der Waals surface area contributed by atoms with E-state index in [-0.39, 0.29) is 33.6 Å². The summed E-state index contributed by atoms with van der Waals surface area (Å²) in [6.45, 7) is 8.42. The predicted octanol–water partition coefficient (Wildman–Crippen LogP) is 7.22. The highest BCUT2D eigenvalue weighted by Gasteiger charge is 2.32. The van der Waals surface area contributed by atoms with E-state index in [4.69, 9.17) is 9.84 Å². The predicted molar refractivity (Wildman–Crippen MR) is 147 cm³/mol. The first kappa shape index (κ1) is 28.9. The van der Waals surface area contributed by atoms with E-state index in [1.54, 1.807) is 19.1 Å². The minimum atomic E-state index is -4.29. The molecule has 210 valence electrons. The maximum absolute atomic E-state index is 15.6. The zero-order valence-electron chi connectivity index (χ0n) is 22.5. The number of methoxy groups -OCH3 is 1. The minimum Gasteiger partial charge on any atom is -0.495 e. The molecule has 1 aliphatic rings. The van der Waals surface area contributed by atoms with Crippen LogP contribution < -0.4 is 9.46 Å². The summed E-state index contributed by atoms with van der Waals surface area (Å²) in [4.78, 5) is 15.4. The van der Waals surface area contributed by atoms with Crippen molar-refractivity contribution in [2.45, 2.75) is 64.3 Å². The van der Waals surface area contributed by atoms with Crippen molar-refractivity contribution in [2.75, 3.05) is 11.8 Å². The highest BCUT2D eigenvalue weighted by molar-refractivity contribution is 7.92. The lowest BCUT2D eigenvalue weighted by Gasteiger charge is -2.37. The van der Waals surface area contributed by atoms with Crippen LogP contribution in [-0.4, -0.2) is 31.6 Å². The Morgan fingerprint density at radius 1 is 1.15 bits per heavy atom. The molecule has 1 heterocycles. The maximum atomic E-state index is 15.6. The second kappa shape index (κ2) is 10.8. The van der Waals surface area contributed by atoms with Crippen molar-refractivity contribution in [3.8, 4) is 16.3 Å². The van der Waals surface area contributed by atoms with Crippen molar-refractivity contribution in [1.29, 1.82) is 0 Å². The van der Waals surface area contributed by atoms with Crippen molar-refractivity contribution in [3.05, 3.63) is 58.0 Å². The van der Waals surface area contributed by atoms with Crippen LogP contribution in [0.1, 0.15) is 73.9 Å². The summed E-state index contributed by atoms with van der Waals surface area (Å²) in [5.41, 5.74) is 0.900. The molecular weight excluding hydrogens is 546 g/mol. The number of sulfonamides is 1. The van der Waals surface area contributed by atoms with Gasteiger partial charge in [0.15, 0.2) is 5.03 Å². The summed E-state index contributed by atoms with van der Waals surface area (Å²) in [5, 5.41) is 10.4. The number of aromatic nitrogens is 1. The van der Waals surface area contributed by atoms with Gasteiger partial charge in [-0.25, -0.2) is 18.6 Å². The van der Waals surface area contributed by atoms with Gasteiger partial charge in [0.05, 0.1) is 18.4 Å². The van der Waals surface area contributed by atoms with E-state index in [0.29, 0.717) is 27.6 Å². The Labute approximate surface area is 231 Å². The van der Waals surface area contributed by atoms with Gasteiger partial charge in [0.2, 0.25) is 0 Å². The fourth-order valence-corrected chi connectivity index (χ4v) is 7.43. The number of hydrogen-bond acceptors (Lipinski definition) is 6. The molecule has 11 heteroatoms. The molecule has 0 bridgehead atoms. The van der Waals surface area contributed by atoms with Crippen LogP contribution in [0.5, 0.6) is 5.75 Å². The standard InChI is InChI=1S/C28H32F2N2O5S2/c1-15-18(10-11-19(25(15)30)16-6-8-17(9-7-16)28(2,3)4)26-31-24(14-38-26)39(35,36)32-22-13-21(29)20(27(33)34)12-23(22)37-5/h10-14,16-17,32H,6-9H2,1-5H3,(H,33,34)/t16-,17-. The number of ether oxygens (including phenoxy) is 1. The van der Waals surface area contributed by atoms with Crippen LogP contribution >= 0.6 is 11.3 Å². The number of thiazole rings is 1. The van der Waals surface area contributed by atoms with E-state index in [1.165, 1.54) is 12.5 Å². The fourth-order valence-electron chi connectivity index (χ4n) is 5.19. The third-order valence-corrected chi connectivity index (χ3v) is 9.83. The van der Waals surface area contributed by atoms with Crippen LogP contribution in [0.25, 0.3) is 10.6 Å². The van der Waals surface area contributed by atoms with Crippen LogP contribution in [0, 0.1) is 29.9 Å². The molecular formula is C28H32F2N2O5S2. The monoisotopic (exact) mass is 578 g/mol. The first-order valence-corrected chi connectivity index (χ1v) is 15.0. The summed E-state index contributed by atoms with van der Waals surface area (Å²) < 4.78 is 63.1. The number of halogens is 2. The molecule has 0 atom stereocenters. The molecule has 0 amide bonds. The Bertz CT molecular complexity index is 1500. The second-order valence-electron chi connectivity index (χ2n) is 11.0. The number of aromatic carboxylic acids is 1. The highest BCUT2D eigenvalue weighted by atomic mass is 32.2. The van der Waals surface area contributed by atoms with Gasteiger partial charge in [-0.15, -0.1) is 11.3 Å². The van der Waals surface area contributed by atoms with Gasteiger partial charge in [-0.2, -0.15) is 8.42 Å². The van der Waals surface area contributed by atoms with Crippen LogP contribution in [0.3, 0.4) is 0 Å². The number of benzene rings is 2. The molecule has 7 nitrogen and oxygen atoms in total. The highest BCUT2D eigenvalue weighted by Crippen LogP contribution is 2.44. The summed E-state index contributed by atoms with van der Waals surface area (Å²) in [7, 11) is -3.08. The topological polar surface area (TPSA) is 106 Å². The van der Waals surface area contributed by atoms with E-state index < -0.39 is 27.4 Å². The van der Waals surface area contributed by atoms with Gasteiger partial charge >= 0.3 is 5.97 Å². The average Bonchev–Trinajstić information content (AvgIpc) is 3.36. The minimum absolute atomic E-state index is 0.149. The normalized spacial score (nSPS) is 18.1. The van der Waals surface area contributed by atoms with Crippen molar-refractivity contribution in [1.82, 2.24) is 4.98 Å². The van der Waals surface area contributed by atoms with Gasteiger partial charge in [0, 0.05) is 17.0 Å². The number of carboxylic acids is 1. The van der Waals surface area contributed by atoms with Gasteiger partial charge in [-0.05, 0) is 67.1 Å². The van der Waals surface area contributed by atoms with Crippen molar-refractivity contribution in [2.24, 2.45) is 11.3 Å². The largest absolute Gasteiger partial charge is 0.495 e. The van der Waals surface area contributed by atoms with E-state index >= 15 is 4.39 Å². The Morgan fingerprint density at radius 2 is 1.82 bits per heavy atom. The third kappa shape index (κ3) is 5.94. The van der Waals surface area contributed by atoms with Gasteiger partial charge < -0.3 is 9.84 Å². The van der Waals surface area contributed by atoms with Crippen LogP contribution in [0.4, 0.5) is 14.5 Å². The van der Waals surface area contributed by atoms with Crippen LogP contribution in [0.2, 0.25) is 0 Å². The quantitative estimate of drug-likeness (QED) is 0.307. The van der Waals surface area contributed by atoms with Gasteiger partial charge in [0.1, 0.15) is 22.4 Å². The molecule has 1 aromatic heterocycles. The molecule has 2 N–H and O–H groups in total. The number of anilines is 1. The number of carbonyl (C=O) groups is 1. The van der Waals surface area contributed by atoms with Crippen LogP contribution in [0.15, 0.2) is 34.7 Å². The summed E-state index contributed by atoms with van der Waals surface area (Å²) >= 11 is 1.05. The first-order valence-electron chi connectivity index (χ1n) is 12.6. The Kier molecular flexibility index (Phi) is 8.05. The number of carboxylic acid groups (broad SMARTS) is 1. The number of nitrogens with one attached hydrogen (secondary N) is 1. The number of hydrogen-bond donors (Lipinski definition) is 2. The molecule has 1 saturated carbocycles.